The van der Waals surface area contributed by atoms with Gasteiger partial charge in [-0.3, -0.25) is 4.99 Å². The van der Waals surface area contributed by atoms with Crippen molar-refractivity contribution in [1.29, 1.82) is 0 Å². The second-order valence-corrected chi connectivity index (χ2v) is 5.56. The summed E-state index contributed by atoms with van der Waals surface area (Å²) in [4.78, 5) is 6.58. The van der Waals surface area contributed by atoms with Gasteiger partial charge in [0.05, 0.1) is 19.8 Å². The highest BCUT2D eigenvalue weighted by molar-refractivity contribution is 14.0. The van der Waals surface area contributed by atoms with E-state index in [4.69, 9.17) is 10.5 Å². The van der Waals surface area contributed by atoms with Gasteiger partial charge >= 0.3 is 0 Å². The maximum atomic E-state index is 13.3. The summed E-state index contributed by atoms with van der Waals surface area (Å²) in [7, 11) is 0. The number of rotatable bonds is 3. The maximum absolute atomic E-state index is 13.3. The van der Waals surface area contributed by atoms with Crippen LogP contribution in [-0.4, -0.2) is 43.7 Å². The minimum absolute atomic E-state index is 0. The number of guanidine groups is 1. The number of benzene rings is 1. The lowest BCUT2D eigenvalue weighted by Crippen LogP contribution is -2.45. The van der Waals surface area contributed by atoms with Gasteiger partial charge in [0.2, 0.25) is 0 Å². The zero-order chi connectivity index (χ0) is 14.0. The molecule has 1 saturated carbocycles. The normalized spacial score (nSPS) is 20.8. The molecule has 0 atom stereocenters. The molecule has 21 heavy (non-hydrogen) atoms. The van der Waals surface area contributed by atoms with Gasteiger partial charge in [-0.25, -0.2) is 4.39 Å². The van der Waals surface area contributed by atoms with Crippen molar-refractivity contribution in [2.45, 2.75) is 18.3 Å². The maximum Gasteiger partial charge on any atom is 0.191 e. The van der Waals surface area contributed by atoms with Crippen LogP contribution in [0.3, 0.4) is 0 Å². The van der Waals surface area contributed by atoms with E-state index in [2.05, 4.69) is 4.99 Å². The van der Waals surface area contributed by atoms with Crippen LogP contribution in [0.15, 0.2) is 29.3 Å². The van der Waals surface area contributed by atoms with Crippen molar-refractivity contribution in [3.63, 3.8) is 0 Å². The molecule has 4 nitrogen and oxygen atoms in total. The van der Waals surface area contributed by atoms with Gasteiger partial charge in [-0.15, -0.1) is 24.0 Å². The Hall–Kier alpha value is -0.890. The fraction of sp³-hybridized carbons (Fsp3) is 0.533. The molecule has 1 heterocycles. The molecule has 1 aliphatic carbocycles. The molecule has 1 aromatic rings. The van der Waals surface area contributed by atoms with Crippen molar-refractivity contribution in [3.8, 4) is 0 Å². The summed E-state index contributed by atoms with van der Waals surface area (Å²) in [6.07, 6.45) is 2.10. The van der Waals surface area contributed by atoms with Crippen LogP contribution < -0.4 is 5.73 Å². The highest BCUT2D eigenvalue weighted by Crippen LogP contribution is 2.48. The smallest absolute Gasteiger partial charge is 0.191 e. The Morgan fingerprint density at radius 1 is 1.33 bits per heavy atom. The molecule has 6 heteroatoms. The van der Waals surface area contributed by atoms with Crippen LogP contribution in [0.2, 0.25) is 0 Å². The van der Waals surface area contributed by atoms with Gasteiger partial charge < -0.3 is 15.4 Å². The first-order chi connectivity index (χ1) is 9.70. The molecule has 0 unspecified atom stereocenters. The van der Waals surface area contributed by atoms with E-state index in [1.807, 2.05) is 11.0 Å². The molecule has 0 bridgehead atoms. The van der Waals surface area contributed by atoms with Crippen LogP contribution >= 0.6 is 24.0 Å². The number of hydrogen-bond acceptors (Lipinski definition) is 2. The number of aliphatic imine (C=N–C) groups is 1. The average Bonchev–Trinajstić information content (AvgIpc) is 3.27. The van der Waals surface area contributed by atoms with Crippen molar-refractivity contribution >= 4 is 29.9 Å². The van der Waals surface area contributed by atoms with E-state index in [1.54, 1.807) is 12.1 Å². The fourth-order valence-electron chi connectivity index (χ4n) is 2.63. The molecular formula is C15H21FIN3O. The second kappa shape index (κ2) is 6.91. The number of hydrogen-bond donors (Lipinski definition) is 1. The molecule has 1 saturated heterocycles. The Morgan fingerprint density at radius 3 is 2.67 bits per heavy atom. The first-order valence-electron chi connectivity index (χ1n) is 7.08. The number of ether oxygens (including phenoxy) is 1. The van der Waals surface area contributed by atoms with E-state index >= 15 is 0 Å². The van der Waals surface area contributed by atoms with E-state index in [0.717, 1.165) is 31.5 Å². The van der Waals surface area contributed by atoms with Crippen molar-refractivity contribution in [2.24, 2.45) is 10.7 Å². The van der Waals surface area contributed by atoms with Gasteiger partial charge in [0.25, 0.3) is 0 Å². The highest BCUT2D eigenvalue weighted by atomic mass is 127. The lowest BCUT2D eigenvalue weighted by Gasteiger charge is -2.28. The lowest BCUT2D eigenvalue weighted by atomic mass is 9.96. The second-order valence-electron chi connectivity index (χ2n) is 5.56. The summed E-state index contributed by atoms with van der Waals surface area (Å²) < 4.78 is 18.6. The molecule has 3 rings (SSSR count). The van der Waals surface area contributed by atoms with Crippen LogP contribution in [0.1, 0.15) is 18.4 Å². The topological polar surface area (TPSA) is 50.8 Å². The molecule has 0 aromatic heterocycles. The van der Waals surface area contributed by atoms with Gasteiger partial charge in [-0.2, -0.15) is 0 Å². The first kappa shape index (κ1) is 16.5. The summed E-state index contributed by atoms with van der Waals surface area (Å²) in [5.74, 6) is 0.398. The van der Waals surface area contributed by atoms with Crippen molar-refractivity contribution in [2.75, 3.05) is 32.8 Å². The molecule has 0 radical (unpaired) electrons. The van der Waals surface area contributed by atoms with Gasteiger partial charge in [-0.05, 0) is 30.5 Å². The number of morpholine rings is 1. The lowest BCUT2D eigenvalue weighted by molar-refractivity contribution is 0.0674. The number of nitrogens with zero attached hydrogens (tertiary/aromatic N) is 2. The summed E-state index contributed by atoms with van der Waals surface area (Å²) in [5, 5.41) is 0. The third-order valence-corrected chi connectivity index (χ3v) is 4.17. The van der Waals surface area contributed by atoms with Gasteiger partial charge in [0.15, 0.2) is 5.96 Å². The number of halogens is 2. The first-order valence-corrected chi connectivity index (χ1v) is 7.08. The Kier molecular flexibility index (Phi) is 5.43. The van der Waals surface area contributed by atoms with E-state index in [9.17, 15) is 4.39 Å². The van der Waals surface area contributed by atoms with Crippen LogP contribution in [0.4, 0.5) is 4.39 Å². The van der Waals surface area contributed by atoms with E-state index in [-0.39, 0.29) is 35.2 Å². The zero-order valence-electron chi connectivity index (χ0n) is 11.9. The van der Waals surface area contributed by atoms with Crippen molar-refractivity contribution in [3.05, 3.63) is 35.6 Å². The standard InChI is InChI=1S/C15H20FN3O.HI/c16-13-3-1-2-12(10-13)15(4-5-15)11-18-14(17)19-6-8-20-9-7-19;/h1-3,10H,4-9,11H2,(H2,17,18);1H. The molecule has 2 N–H and O–H groups in total. The molecule has 0 spiro atoms. The molecule has 2 aliphatic rings. The quantitative estimate of drug-likeness (QED) is 0.476. The molecule has 1 aromatic carbocycles. The summed E-state index contributed by atoms with van der Waals surface area (Å²) in [6.45, 7) is 3.63. The van der Waals surface area contributed by atoms with E-state index in [1.165, 1.54) is 6.07 Å². The van der Waals surface area contributed by atoms with Crippen molar-refractivity contribution in [1.82, 2.24) is 4.90 Å². The number of nitrogens with two attached hydrogens (primary N) is 1. The fourth-order valence-corrected chi connectivity index (χ4v) is 2.63. The molecule has 1 aliphatic heterocycles. The SMILES string of the molecule is I.NC(=NCC1(c2cccc(F)c2)CC1)N1CCOCC1. The van der Waals surface area contributed by atoms with Crippen LogP contribution in [0.5, 0.6) is 0 Å². The Bertz CT molecular complexity index is 513. The minimum Gasteiger partial charge on any atom is -0.378 e. The molecular weight excluding hydrogens is 384 g/mol. The predicted molar refractivity (Wildman–Crippen MR) is 91.6 cm³/mol. The van der Waals surface area contributed by atoms with Crippen molar-refractivity contribution < 1.29 is 9.13 Å². The van der Waals surface area contributed by atoms with Crippen LogP contribution in [0.25, 0.3) is 0 Å². The van der Waals surface area contributed by atoms with E-state index in [0.29, 0.717) is 25.7 Å². The molecule has 2 fully saturated rings. The third-order valence-electron chi connectivity index (χ3n) is 4.17. The molecule has 116 valence electrons. The van der Waals surface area contributed by atoms with Gasteiger partial charge in [-0.1, -0.05) is 12.1 Å². The highest BCUT2D eigenvalue weighted by Gasteiger charge is 2.44. The Balaban J connectivity index is 0.00000161. The Labute approximate surface area is 141 Å². The Morgan fingerprint density at radius 2 is 2.05 bits per heavy atom. The summed E-state index contributed by atoms with van der Waals surface area (Å²) >= 11 is 0. The third kappa shape index (κ3) is 3.85. The summed E-state index contributed by atoms with van der Waals surface area (Å²) in [5.41, 5.74) is 7.07. The van der Waals surface area contributed by atoms with Crippen LogP contribution in [0, 0.1) is 5.82 Å². The largest absolute Gasteiger partial charge is 0.378 e. The zero-order valence-corrected chi connectivity index (χ0v) is 14.3. The van der Waals surface area contributed by atoms with E-state index < -0.39 is 0 Å². The predicted octanol–water partition coefficient (Wildman–Crippen LogP) is 2.12. The minimum atomic E-state index is -0.182. The van der Waals surface area contributed by atoms with Gasteiger partial charge in [0, 0.05) is 18.5 Å². The van der Waals surface area contributed by atoms with Gasteiger partial charge in [0.1, 0.15) is 5.82 Å². The van der Waals surface area contributed by atoms with Crippen LogP contribution in [-0.2, 0) is 10.2 Å². The average molecular weight is 405 g/mol. The monoisotopic (exact) mass is 405 g/mol. The molecule has 0 amide bonds. The summed E-state index contributed by atoms with van der Waals surface area (Å²) in [6, 6.07) is 6.84.